The van der Waals surface area contributed by atoms with Crippen molar-refractivity contribution < 1.29 is 9.72 Å². The number of nitro groups is 1. The zero-order valence-corrected chi connectivity index (χ0v) is 12.1. The molecule has 0 bridgehead atoms. The molecule has 0 aliphatic carbocycles. The van der Waals surface area contributed by atoms with Gasteiger partial charge in [-0.2, -0.15) is 0 Å². The van der Waals surface area contributed by atoms with E-state index in [1.807, 2.05) is 6.92 Å². The van der Waals surface area contributed by atoms with Crippen molar-refractivity contribution in [3.8, 4) is 0 Å². The van der Waals surface area contributed by atoms with Crippen LogP contribution in [0.25, 0.3) is 0 Å². The second-order valence-electron chi connectivity index (χ2n) is 5.38. The third-order valence-corrected chi connectivity index (χ3v) is 3.04. The minimum absolute atomic E-state index is 0.0292. The molecule has 0 saturated heterocycles. The molecule has 20 heavy (non-hydrogen) atoms. The summed E-state index contributed by atoms with van der Waals surface area (Å²) >= 11 is 0. The van der Waals surface area contributed by atoms with E-state index in [0.717, 1.165) is 12.8 Å². The Morgan fingerprint density at radius 3 is 2.55 bits per heavy atom. The highest BCUT2D eigenvalue weighted by molar-refractivity contribution is 5.95. The van der Waals surface area contributed by atoms with Gasteiger partial charge in [0.2, 0.25) is 0 Å². The Balaban J connectivity index is 2.73. The van der Waals surface area contributed by atoms with Crippen LogP contribution >= 0.6 is 0 Å². The maximum atomic E-state index is 12.0. The van der Waals surface area contributed by atoms with E-state index in [-0.39, 0.29) is 28.9 Å². The fourth-order valence-electron chi connectivity index (χ4n) is 1.81. The van der Waals surface area contributed by atoms with E-state index in [0.29, 0.717) is 5.92 Å². The molecule has 6 nitrogen and oxygen atoms in total. The fourth-order valence-corrected chi connectivity index (χ4v) is 1.81. The van der Waals surface area contributed by atoms with Crippen LogP contribution in [0.4, 0.5) is 11.4 Å². The number of nitrogens with one attached hydrogen (secondary N) is 1. The van der Waals surface area contributed by atoms with Crippen LogP contribution in [0, 0.1) is 16.0 Å². The summed E-state index contributed by atoms with van der Waals surface area (Å²) in [4.78, 5) is 22.2. The number of carbonyl (C=O) groups is 1. The third-order valence-electron chi connectivity index (χ3n) is 3.04. The number of amides is 1. The predicted octanol–water partition coefficient (Wildman–Crippen LogP) is 2.73. The Hall–Kier alpha value is -2.11. The smallest absolute Gasteiger partial charge is 0.292 e. The summed E-state index contributed by atoms with van der Waals surface area (Å²) in [5.74, 6) is 0.260. The van der Waals surface area contributed by atoms with Gasteiger partial charge in [0.1, 0.15) is 5.69 Å². The summed E-state index contributed by atoms with van der Waals surface area (Å²) in [5.41, 5.74) is 5.56. The van der Waals surface area contributed by atoms with E-state index < -0.39 is 4.92 Å². The summed E-state index contributed by atoms with van der Waals surface area (Å²) in [6.07, 6.45) is 1.89. The van der Waals surface area contributed by atoms with Gasteiger partial charge in [0.15, 0.2) is 0 Å². The number of nitrogens with zero attached hydrogens (tertiary/aromatic N) is 1. The van der Waals surface area contributed by atoms with Crippen LogP contribution in [0.3, 0.4) is 0 Å². The molecule has 0 fully saturated rings. The number of nitrogen functional groups attached to an aromatic ring is 1. The highest BCUT2D eigenvalue weighted by Gasteiger charge is 2.16. The quantitative estimate of drug-likeness (QED) is 0.475. The average molecular weight is 279 g/mol. The Morgan fingerprint density at radius 1 is 1.35 bits per heavy atom. The van der Waals surface area contributed by atoms with Gasteiger partial charge < -0.3 is 11.1 Å². The standard InChI is InChI=1S/C14H21N3O3/c1-9(2)4-5-10(3)16-14(18)11-6-7-12(15)13(8-11)17(19)20/h6-10H,4-5,15H2,1-3H3,(H,16,18). The number of nitrogens with two attached hydrogens (primary N) is 1. The Bertz CT molecular complexity index is 500. The Morgan fingerprint density at radius 2 is 2.00 bits per heavy atom. The summed E-state index contributed by atoms with van der Waals surface area (Å²) in [7, 11) is 0. The molecule has 0 heterocycles. The number of nitro benzene ring substituents is 1. The molecular formula is C14H21N3O3. The highest BCUT2D eigenvalue weighted by Crippen LogP contribution is 2.22. The lowest BCUT2D eigenvalue weighted by Gasteiger charge is -2.15. The Kier molecular flexibility index (Phi) is 5.49. The normalized spacial score (nSPS) is 12.2. The van der Waals surface area contributed by atoms with E-state index in [1.165, 1.54) is 18.2 Å². The van der Waals surface area contributed by atoms with E-state index in [9.17, 15) is 14.9 Å². The Labute approximate surface area is 118 Å². The summed E-state index contributed by atoms with van der Waals surface area (Å²) in [5, 5.41) is 13.6. The molecule has 110 valence electrons. The summed E-state index contributed by atoms with van der Waals surface area (Å²) < 4.78 is 0. The molecule has 0 spiro atoms. The SMILES string of the molecule is CC(C)CCC(C)NC(=O)c1ccc(N)c([N+](=O)[O-])c1. The molecule has 0 aromatic heterocycles. The second-order valence-corrected chi connectivity index (χ2v) is 5.38. The molecule has 1 aromatic carbocycles. The topological polar surface area (TPSA) is 98.3 Å². The van der Waals surface area contributed by atoms with Crippen LogP contribution in [-0.4, -0.2) is 16.9 Å². The minimum Gasteiger partial charge on any atom is -0.393 e. The van der Waals surface area contributed by atoms with Gasteiger partial charge in [-0.15, -0.1) is 0 Å². The molecule has 0 aliphatic heterocycles. The number of hydrogen-bond acceptors (Lipinski definition) is 4. The first kappa shape index (κ1) is 15.9. The van der Waals surface area contributed by atoms with Crippen molar-refractivity contribution in [2.45, 2.75) is 39.7 Å². The first-order valence-corrected chi connectivity index (χ1v) is 6.66. The van der Waals surface area contributed by atoms with E-state index in [1.54, 1.807) is 0 Å². The van der Waals surface area contributed by atoms with Gasteiger partial charge >= 0.3 is 0 Å². The molecule has 1 aromatic rings. The molecule has 6 heteroatoms. The molecule has 1 unspecified atom stereocenters. The minimum atomic E-state index is -0.589. The van der Waals surface area contributed by atoms with Gasteiger partial charge in [-0.1, -0.05) is 13.8 Å². The number of rotatable bonds is 6. The van der Waals surface area contributed by atoms with Crippen molar-refractivity contribution >= 4 is 17.3 Å². The molecular weight excluding hydrogens is 258 g/mol. The molecule has 3 N–H and O–H groups in total. The van der Waals surface area contributed by atoms with Crippen molar-refractivity contribution in [1.29, 1.82) is 0 Å². The second kappa shape index (κ2) is 6.88. The predicted molar refractivity (Wildman–Crippen MR) is 78.5 cm³/mol. The van der Waals surface area contributed by atoms with Gasteiger partial charge in [-0.25, -0.2) is 0 Å². The summed E-state index contributed by atoms with van der Waals surface area (Å²) in [6, 6.07) is 4.11. The van der Waals surface area contributed by atoms with Gasteiger partial charge in [0.25, 0.3) is 11.6 Å². The lowest BCUT2D eigenvalue weighted by Crippen LogP contribution is -2.32. The van der Waals surface area contributed by atoms with Crippen molar-refractivity contribution in [1.82, 2.24) is 5.32 Å². The molecule has 1 atom stereocenters. The largest absolute Gasteiger partial charge is 0.393 e. The van der Waals surface area contributed by atoms with Crippen molar-refractivity contribution in [2.24, 2.45) is 5.92 Å². The average Bonchev–Trinajstić information content (AvgIpc) is 2.36. The number of carbonyl (C=O) groups excluding carboxylic acids is 1. The van der Waals surface area contributed by atoms with Crippen molar-refractivity contribution in [2.75, 3.05) is 5.73 Å². The monoisotopic (exact) mass is 279 g/mol. The van der Waals surface area contributed by atoms with Crippen LogP contribution in [0.5, 0.6) is 0 Å². The maximum Gasteiger partial charge on any atom is 0.292 e. The van der Waals surface area contributed by atoms with Crippen LogP contribution < -0.4 is 11.1 Å². The maximum absolute atomic E-state index is 12.0. The van der Waals surface area contributed by atoms with Crippen LogP contribution in [0.15, 0.2) is 18.2 Å². The van der Waals surface area contributed by atoms with Gasteiger partial charge in [-0.05, 0) is 37.8 Å². The number of anilines is 1. The van der Waals surface area contributed by atoms with Crippen LogP contribution in [-0.2, 0) is 0 Å². The van der Waals surface area contributed by atoms with Crippen LogP contribution in [0.1, 0.15) is 44.0 Å². The highest BCUT2D eigenvalue weighted by atomic mass is 16.6. The fraction of sp³-hybridized carbons (Fsp3) is 0.500. The summed E-state index contributed by atoms with van der Waals surface area (Å²) in [6.45, 7) is 6.17. The first-order valence-electron chi connectivity index (χ1n) is 6.66. The van der Waals surface area contributed by atoms with Crippen molar-refractivity contribution in [3.63, 3.8) is 0 Å². The lowest BCUT2D eigenvalue weighted by molar-refractivity contribution is -0.383. The van der Waals surface area contributed by atoms with E-state index >= 15 is 0 Å². The van der Waals surface area contributed by atoms with E-state index in [4.69, 9.17) is 5.73 Å². The van der Waals surface area contributed by atoms with E-state index in [2.05, 4.69) is 19.2 Å². The lowest BCUT2D eigenvalue weighted by atomic mass is 10.0. The number of benzene rings is 1. The first-order chi connectivity index (χ1) is 9.31. The van der Waals surface area contributed by atoms with Gasteiger partial charge in [-0.3, -0.25) is 14.9 Å². The molecule has 1 rings (SSSR count). The zero-order chi connectivity index (χ0) is 15.3. The zero-order valence-electron chi connectivity index (χ0n) is 12.1. The number of hydrogen-bond donors (Lipinski definition) is 2. The molecule has 0 radical (unpaired) electrons. The molecule has 0 saturated carbocycles. The molecule has 1 amide bonds. The van der Waals surface area contributed by atoms with Crippen LogP contribution in [0.2, 0.25) is 0 Å². The van der Waals surface area contributed by atoms with Gasteiger partial charge in [0, 0.05) is 17.7 Å². The third kappa shape index (κ3) is 4.53. The van der Waals surface area contributed by atoms with Gasteiger partial charge in [0.05, 0.1) is 4.92 Å². The van der Waals surface area contributed by atoms with Crippen molar-refractivity contribution in [3.05, 3.63) is 33.9 Å². The molecule has 0 aliphatic rings.